The number of nitrogens with zero attached hydrogens (tertiary/aromatic N) is 2. The van der Waals surface area contributed by atoms with Crippen LogP contribution in [0.5, 0.6) is 0 Å². The average Bonchev–Trinajstić information content (AvgIpc) is 2.58. The lowest BCUT2D eigenvalue weighted by molar-refractivity contribution is 0.0608. The fourth-order valence-corrected chi connectivity index (χ4v) is 3.49. The van der Waals surface area contributed by atoms with Gasteiger partial charge in [0.2, 0.25) is 0 Å². The Morgan fingerprint density at radius 2 is 2.17 bits per heavy atom. The van der Waals surface area contributed by atoms with Crippen molar-refractivity contribution in [1.29, 1.82) is 0 Å². The van der Waals surface area contributed by atoms with E-state index >= 15 is 0 Å². The van der Waals surface area contributed by atoms with E-state index in [1.54, 1.807) is 25.2 Å². The Bertz CT molecular complexity index is 868. The third-order valence-electron chi connectivity index (χ3n) is 4.71. The van der Waals surface area contributed by atoms with Gasteiger partial charge in [-0.1, -0.05) is 6.92 Å². The Kier molecular flexibility index (Phi) is 4.35. The highest BCUT2D eigenvalue weighted by Gasteiger charge is 2.26. The van der Waals surface area contributed by atoms with E-state index in [9.17, 15) is 9.59 Å². The topological polar surface area (TPSA) is 58.1 Å². The van der Waals surface area contributed by atoms with Crippen LogP contribution in [0.25, 0.3) is 10.9 Å². The molecule has 5 nitrogen and oxygen atoms in total. The van der Waals surface area contributed by atoms with Crippen LogP contribution >= 0.6 is 12.2 Å². The Morgan fingerprint density at radius 3 is 2.91 bits per heavy atom. The zero-order valence-corrected chi connectivity index (χ0v) is 14.3. The maximum absolute atomic E-state index is 12.9. The number of fused-ring (bicyclic) bond motifs is 1. The van der Waals surface area contributed by atoms with Gasteiger partial charge in [0.15, 0.2) is 4.77 Å². The number of aromatic amines is 1. The second-order valence-corrected chi connectivity index (χ2v) is 6.50. The summed E-state index contributed by atoms with van der Waals surface area (Å²) < 4.78 is 1.76. The number of H-pyrrole nitrogens is 1. The van der Waals surface area contributed by atoms with Gasteiger partial charge < -0.3 is 9.88 Å². The molecule has 0 radical (unpaired) electrons. The summed E-state index contributed by atoms with van der Waals surface area (Å²) in [5, 5.41) is 0.545. The molecule has 1 atom stereocenters. The molecule has 0 saturated carbocycles. The van der Waals surface area contributed by atoms with E-state index < -0.39 is 0 Å². The molecule has 1 fully saturated rings. The molecule has 1 aromatic heterocycles. The number of nitrogens with one attached hydrogen (secondary N) is 1. The number of likely N-dealkylation sites (tertiary alicyclic amines) is 1. The molecule has 0 unspecified atom stereocenters. The van der Waals surface area contributed by atoms with Gasteiger partial charge in [0.05, 0.1) is 10.9 Å². The number of aromatic nitrogens is 2. The number of rotatable bonds is 2. The number of hydrogen-bond donors (Lipinski definition) is 1. The lowest BCUT2D eigenvalue weighted by Gasteiger charge is -2.35. The van der Waals surface area contributed by atoms with Crippen molar-refractivity contribution in [3.63, 3.8) is 0 Å². The molecule has 1 amide bonds. The zero-order chi connectivity index (χ0) is 16.6. The molecular weight excluding hydrogens is 310 g/mol. The first kappa shape index (κ1) is 15.9. The number of benzene rings is 1. The molecule has 1 aromatic carbocycles. The first-order valence-electron chi connectivity index (χ1n) is 8.07. The van der Waals surface area contributed by atoms with Gasteiger partial charge in [0.1, 0.15) is 0 Å². The summed E-state index contributed by atoms with van der Waals surface area (Å²) in [4.78, 5) is 30.1. The van der Waals surface area contributed by atoms with Crippen LogP contribution in [-0.4, -0.2) is 32.9 Å². The fraction of sp³-hybridized carbons (Fsp3) is 0.471. The van der Waals surface area contributed by atoms with Gasteiger partial charge in [-0.05, 0) is 56.1 Å². The minimum atomic E-state index is -0.146. The van der Waals surface area contributed by atoms with Crippen LogP contribution in [0, 0.1) is 4.77 Å². The molecule has 0 aliphatic carbocycles. The Hall–Kier alpha value is -1.95. The number of piperidine rings is 1. The molecule has 2 heterocycles. The Morgan fingerprint density at radius 1 is 1.39 bits per heavy atom. The van der Waals surface area contributed by atoms with Crippen LogP contribution in [0.15, 0.2) is 23.0 Å². The van der Waals surface area contributed by atoms with Crippen LogP contribution in [0.4, 0.5) is 0 Å². The SMILES string of the molecule is CC[C@@H]1CCCCN1C(=O)c1ccc2c(=O)n(C)c(=S)[nH]c2c1. The standard InChI is InChI=1S/C17H21N3O2S/c1-3-12-6-4-5-9-20(12)15(21)11-7-8-13-14(10-11)18-17(23)19(2)16(13)22/h7-8,10,12H,3-6,9H2,1-2H3,(H,18,23)/t12-/m1/s1. The van der Waals surface area contributed by atoms with Gasteiger partial charge in [-0.3, -0.25) is 14.2 Å². The molecule has 3 rings (SSSR count). The Balaban J connectivity index is 2.03. The van der Waals surface area contributed by atoms with Gasteiger partial charge in [-0.15, -0.1) is 0 Å². The van der Waals surface area contributed by atoms with Crippen LogP contribution in [0.3, 0.4) is 0 Å². The van der Waals surface area contributed by atoms with Crippen molar-refractivity contribution in [2.75, 3.05) is 6.54 Å². The van der Waals surface area contributed by atoms with E-state index in [1.165, 1.54) is 11.0 Å². The summed E-state index contributed by atoms with van der Waals surface area (Å²) >= 11 is 5.15. The molecule has 0 bridgehead atoms. The second-order valence-electron chi connectivity index (χ2n) is 6.11. The highest BCUT2D eigenvalue weighted by molar-refractivity contribution is 7.71. The molecule has 1 N–H and O–H groups in total. The maximum Gasteiger partial charge on any atom is 0.261 e. The largest absolute Gasteiger partial charge is 0.336 e. The summed E-state index contributed by atoms with van der Waals surface area (Å²) in [6.07, 6.45) is 4.28. The third-order valence-corrected chi connectivity index (χ3v) is 5.08. The van der Waals surface area contributed by atoms with Gasteiger partial charge in [0, 0.05) is 25.2 Å². The first-order valence-corrected chi connectivity index (χ1v) is 8.47. The molecule has 1 aliphatic rings. The zero-order valence-electron chi connectivity index (χ0n) is 13.5. The van der Waals surface area contributed by atoms with Crippen LogP contribution < -0.4 is 5.56 Å². The Labute approximate surface area is 139 Å². The summed E-state index contributed by atoms with van der Waals surface area (Å²) in [6.45, 7) is 2.93. The van der Waals surface area contributed by atoms with Crippen molar-refractivity contribution in [2.24, 2.45) is 7.05 Å². The van der Waals surface area contributed by atoms with E-state index in [0.717, 1.165) is 25.8 Å². The van der Waals surface area contributed by atoms with Crippen molar-refractivity contribution in [3.8, 4) is 0 Å². The quantitative estimate of drug-likeness (QED) is 0.861. The van der Waals surface area contributed by atoms with Gasteiger partial charge in [-0.2, -0.15) is 0 Å². The molecule has 1 saturated heterocycles. The average molecular weight is 331 g/mol. The summed E-state index contributed by atoms with van der Waals surface area (Å²) in [6, 6.07) is 5.51. The third kappa shape index (κ3) is 2.83. The van der Waals surface area contributed by atoms with Gasteiger partial charge >= 0.3 is 0 Å². The highest BCUT2D eigenvalue weighted by atomic mass is 32.1. The molecule has 23 heavy (non-hydrogen) atoms. The number of amides is 1. The highest BCUT2D eigenvalue weighted by Crippen LogP contribution is 2.22. The lowest BCUT2D eigenvalue weighted by Crippen LogP contribution is -2.43. The fourth-order valence-electron chi connectivity index (χ4n) is 3.30. The van der Waals surface area contributed by atoms with Crippen LogP contribution in [-0.2, 0) is 7.05 Å². The van der Waals surface area contributed by atoms with Crippen molar-refractivity contribution >= 4 is 29.0 Å². The molecular formula is C17H21N3O2S. The minimum Gasteiger partial charge on any atom is -0.336 e. The summed E-state index contributed by atoms with van der Waals surface area (Å²) in [5.74, 6) is 0.0402. The second kappa shape index (κ2) is 6.28. The van der Waals surface area contributed by atoms with Crippen LogP contribution in [0.1, 0.15) is 43.0 Å². The molecule has 1 aliphatic heterocycles. The predicted molar refractivity (Wildman–Crippen MR) is 93.3 cm³/mol. The van der Waals surface area contributed by atoms with E-state index in [4.69, 9.17) is 12.2 Å². The lowest BCUT2D eigenvalue weighted by atomic mass is 9.98. The van der Waals surface area contributed by atoms with Crippen molar-refractivity contribution in [1.82, 2.24) is 14.5 Å². The molecule has 2 aromatic rings. The molecule has 6 heteroatoms. The van der Waals surface area contributed by atoms with Gasteiger partial charge in [0.25, 0.3) is 11.5 Å². The molecule has 0 spiro atoms. The van der Waals surface area contributed by atoms with E-state index in [1.807, 2.05) is 4.90 Å². The maximum atomic E-state index is 12.9. The number of hydrogen-bond acceptors (Lipinski definition) is 3. The van der Waals surface area contributed by atoms with Crippen LogP contribution in [0.2, 0.25) is 0 Å². The number of carbonyl (C=O) groups is 1. The van der Waals surface area contributed by atoms with E-state index in [2.05, 4.69) is 11.9 Å². The first-order chi connectivity index (χ1) is 11.0. The van der Waals surface area contributed by atoms with Crippen molar-refractivity contribution < 1.29 is 4.79 Å². The normalized spacial score (nSPS) is 18.3. The van der Waals surface area contributed by atoms with E-state index in [-0.39, 0.29) is 11.5 Å². The summed E-state index contributed by atoms with van der Waals surface area (Å²) in [5.41, 5.74) is 1.08. The van der Waals surface area contributed by atoms with Crippen molar-refractivity contribution in [2.45, 2.75) is 38.6 Å². The molecule has 122 valence electrons. The minimum absolute atomic E-state index is 0.0402. The van der Waals surface area contributed by atoms with Gasteiger partial charge in [-0.25, -0.2) is 0 Å². The summed E-state index contributed by atoms with van der Waals surface area (Å²) in [7, 11) is 1.64. The van der Waals surface area contributed by atoms with E-state index in [0.29, 0.717) is 27.3 Å². The smallest absolute Gasteiger partial charge is 0.261 e. The number of carbonyl (C=O) groups excluding carboxylic acids is 1. The monoisotopic (exact) mass is 331 g/mol. The van der Waals surface area contributed by atoms with Crippen molar-refractivity contribution in [3.05, 3.63) is 38.9 Å². The predicted octanol–water partition coefficient (Wildman–Crippen LogP) is 3.00.